The van der Waals surface area contributed by atoms with Gasteiger partial charge in [-0.05, 0) is 51.2 Å². The molecule has 15 nitrogen and oxygen atoms in total. The van der Waals surface area contributed by atoms with Gasteiger partial charge in [0.25, 0.3) is 0 Å². The predicted molar refractivity (Wildman–Crippen MR) is 183 cm³/mol. The maximum Gasteiger partial charge on any atom is 0.339 e. The van der Waals surface area contributed by atoms with Crippen molar-refractivity contribution in [2.45, 2.75) is 123 Å². The van der Waals surface area contributed by atoms with Crippen LogP contribution in [0.1, 0.15) is 91.9 Å². The Balaban J connectivity index is 1.65. The molecule has 1 aromatic rings. The smallest absolute Gasteiger partial charge is 0.339 e. The molecule has 0 radical (unpaired) electrons. The highest BCUT2D eigenvalue weighted by molar-refractivity contribution is 5.95. The molecule has 4 saturated carbocycles. The highest BCUT2D eigenvalue weighted by Crippen LogP contribution is 2.73. The SMILES string of the molecule is CCC(C)C(=O)O[C@H]1C(=O)[C@]23CO[C@@](C)(C2[C@@H]2[C@H]1C[C@]2(C)OC(C)=O)[C@H](OC(C)=O)[C@@]1(OC(C)=O)C[C@H](C)[C@H](OC(=O)c2cccnc2)[C@@H]1[C@H]3OC(C)=O. The highest BCUT2D eigenvalue weighted by Gasteiger charge is 2.86. The van der Waals surface area contributed by atoms with Crippen LogP contribution < -0.4 is 0 Å². The van der Waals surface area contributed by atoms with E-state index in [0.29, 0.717) is 6.42 Å². The van der Waals surface area contributed by atoms with Crippen molar-refractivity contribution in [3.8, 4) is 0 Å². The zero-order valence-electron chi connectivity index (χ0n) is 32.1. The van der Waals surface area contributed by atoms with Crippen LogP contribution in [-0.4, -0.2) is 94.4 Å². The summed E-state index contributed by atoms with van der Waals surface area (Å²) in [6.45, 7) is 12.9. The van der Waals surface area contributed by atoms with Crippen molar-refractivity contribution < 1.29 is 66.7 Å². The standard InChI is InChI=1S/C39H49NO14/c1-10-18(2)33(46)52-29-25-15-36(8,53-22(6)43)26(25)30-37(9)35(50-21(5)42)39(54-23(7)44)14-19(3)28(51-34(47)24-12-11-13-40-16-24)27(39)32(49-20(4)41)38(30,17-48-37)31(29)45/h11-13,16,18-19,25-30,32,35H,10,14-15,17H2,1-9H3/t18?,19-,25+,26-,27+,28-,29+,30?,32+,35-,36-,37-,38-,39+/m0/s1. The average molecular weight is 756 g/mol. The van der Waals surface area contributed by atoms with Crippen LogP contribution in [0.2, 0.25) is 0 Å². The van der Waals surface area contributed by atoms with Crippen molar-refractivity contribution >= 4 is 41.6 Å². The summed E-state index contributed by atoms with van der Waals surface area (Å²) in [6.07, 6.45) is -2.32. The Labute approximate surface area is 313 Å². The van der Waals surface area contributed by atoms with E-state index in [-0.39, 0.29) is 18.4 Å². The van der Waals surface area contributed by atoms with Gasteiger partial charge in [-0.3, -0.25) is 33.8 Å². The van der Waals surface area contributed by atoms with Crippen molar-refractivity contribution in [1.29, 1.82) is 0 Å². The Hall–Kier alpha value is -4.40. The van der Waals surface area contributed by atoms with E-state index < -0.39 is 130 Å². The average Bonchev–Trinajstić information content (AvgIpc) is 3.52. The molecule has 1 aliphatic heterocycles. The number of ketones is 1. The van der Waals surface area contributed by atoms with Gasteiger partial charge in [0, 0.05) is 57.8 Å². The molecule has 0 N–H and O–H groups in total. The summed E-state index contributed by atoms with van der Waals surface area (Å²) in [5.74, 6) is -10.0. The van der Waals surface area contributed by atoms with E-state index >= 15 is 4.79 Å². The minimum Gasteiger partial charge on any atom is -0.461 e. The molecule has 14 atom stereocenters. The fraction of sp³-hybridized carbons (Fsp3) is 0.692. The van der Waals surface area contributed by atoms with Gasteiger partial charge in [0.2, 0.25) is 0 Å². The molecular weight excluding hydrogens is 706 g/mol. The van der Waals surface area contributed by atoms with E-state index in [4.69, 9.17) is 33.2 Å². The van der Waals surface area contributed by atoms with Gasteiger partial charge in [-0.15, -0.1) is 0 Å². The molecule has 6 rings (SSSR count). The number of carbonyl (C=O) groups is 7. The lowest BCUT2D eigenvalue weighted by molar-refractivity contribution is -0.261. The van der Waals surface area contributed by atoms with Crippen LogP contribution in [-0.2, 0) is 61.9 Å². The van der Waals surface area contributed by atoms with Gasteiger partial charge in [0.05, 0.1) is 29.4 Å². The summed E-state index contributed by atoms with van der Waals surface area (Å²) in [5, 5.41) is 0. The van der Waals surface area contributed by atoms with Crippen LogP contribution in [0.5, 0.6) is 0 Å². The number of fused-ring (bicyclic) bond motifs is 2. The largest absolute Gasteiger partial charge is 0.461 e. The summed E-state index contributed by atoms with van der Waals surface area (Å²) in [6, 6.07) is 3.06. The number of hydrogen-bond donors (Lipinski definition) is 0. The summed E-state index contributed by atoms with van der Waals surface area (Å²) < 4.78 is 43.8. The first-order valence-corrected chi connectivity index (χ1v) is 18.5. The highest BCUT2D eigenvalue weighted by atomic mass is 16.6. The number of hydrogen-bond acceptors (Lipinski definition) is 15. The molecule has 0 amide bonds. The molecule has 0 spiro atoms. The molecular formula is C39H49NO14. The molecule has 5 aliphatic rings. The second-order valence-corrected chi connectivity index (χ2v) is 16.2. The molecule has 0 aromatic carbocycles. The van der Waals surface area contributed by atoms with E-state index in [1.165, 1.54) is 39.2 Å². The molecule has 54 heavy (non-hydrogen) atoms. The minimum atomic E-state index is -1.91. The monoisotopic (exact) mass is 755 g/mol. The predicted octanol–water partition coefficient (Wildman–Crippen LogP) is 3.33. The van der Waals surface area contributed by atoms with Gasteiger partial charge in [-0.25, -0.2) is 4.79 Å². The first-order valence-electron chi connectivity index (χ1n) is 18.5. The van der Waals surface area contributed by atoms with E-state index in [1.54, 1.807) is 33.8 Å². The fourth-order valence-electron chi connectivity index (χ4n) is 10.8. The maximum atomic E-state index is 15.6. The molecule has 1 saturated heterocycles. The van der Waals surface area contributed by atoms with Gasteiger partial charge in [-0.1, -0.05) is 20.8 Å². The Morgan fingerprint density at radius 1 is 0.907 bits per heavy atom. The summed E-state index contributed by atoms with van der Waals surface area (Å²) in [4.78, 5) is 99.3. The van der Waals surface area contributed by atoms with Gasteiger partial charge in [-0.2, -0.15) is 0 Å². The van der Waals surface area contributed by atoms with Crippen LogP contribution in [0, 0.1) is 40.9 Å². The van der Waals surface area contributed by atoms with Gasteiger partial charge in [0.15, 0.2) is 23.6 Å². The minimum absolute atomic E-state index is 0.0738. The molecule has 1 aromatic heterocycles. The zero-order valence-corrected chi connectivity index (χ0v) is 32.1. The third-order valence-corrected chi connectivity index (χ3v) is 12.7. The number of ether oxygens (including phenoxy) is 7. The van der Waals surface area contributed by atoms with Crippen LogP contribution in [0.15, 0.2) is 24.5 Å². The lowest BCUT2D eigenvalue weighted by Crippen LogP contribution is -2.75. The van der Waals surface area contributed by atoms with Crippen LogP contribution in [0.25, 0.3) is 0 Å². The van der Waals surface area contributed by atoms with Gasteiger partial charge >= 0.3 is 35.8 Å². The number of pyridine rings is 1. The van der Waals surface area contributed by atoms with Crippen LogP contribution >= 0.6 is 0 Å². The number of nitrogens with zero attached hydrogens (tertiary/aromatic N) is 1. The Kier molecular flexibility index (Phi) is 9.98. The summed E-state index contributed by atoms with van der Waals surface area (Å²) >= 11 is 0. The van der Waals surface area contributed by atoms with Crippen molar-refractivity contribution in [2.75, 3.05) is 6.61 Å². The first-order chi connectivity index (χ1) is 25.3. The third kappa shape index (κ3) is 5.88. The summed E-state index contributed by atoms with van der Waals surface area (Å²) in [7, 11) is 0. The Morgan fingerprint density at radius 2 is 1.57 bits per heavy atom. The lowest BCUT2D eigenvalue weighted by Gasteiger charge is -2.64. The van der Waals surface area contributed by atoms with E-state index in [0.717, 1.165) is 6.92 Å². The quantitative estimate of drug-likeness (QED) is 0.263. The molecule has 294 valence electrons. The van der Waals surface area contributed by atoms with Crippen molar-refractivity contribution in [3.05, 3.63) is 30.1 Å². The van der Waals surface area contributed by atoms with E-state index in [2.05, 4.69) is 4.98 Å². The van der Waals surface area contributed by atoms with Gasteiger partial charge < -0.3 is 33.2 Å². The Morgan fingerprint density at radius 3 is 2.15 bits per heavy atom. The van der Waals surface area contributed by atoms with Gasteiger partial charge in [0.1, 0.15) is 23.4 Å². The second kappa shape index (κ2) is 13.7. The molecule has 15 heteroatoms. The zero-order chi connectivity index (χ0) is 39.7. The topological polar surface area (TPSA) is 197 Å². The van der Waals surface area contributed by atoms with Crippen molar-refractivity contribution in [3.63, 3.8) is 0 Å². The lowest BCUT2D eigenvalue weighted by atomic mass is 9.42. The van der Waals surface area contributed by atoms with Crippen molar-refractivity contribution in [2.24, 2.45) is 40.9 Å². The number of esters is 6. The normalized spacial score (nSPS) is 40.6. The fourth-order valence-corrected chi connectivity index (χ4v) is 10.8. The maximum absolute atomic E-state index is 15.6. The van der Waals surface area contributed by atoms with E-state index in [1.807, 2.05) is 6.92 Å². The second-order valence-electron chi connectivity index (χ2n) is 16.2. The molecule has 4 aliphatic carbocycles. The molecule has 5 fully saturated rings. The third-order valence-electron chi connectivity index (χ3n) is 12.7. The number of aromatic nitrogens is 1. The number of Topliss-reactive ketones (excluding diaryl/α,β-unsaturated/α-hetero) is 1. The van der Waals surface area contributed by atoms with E-state index in [9.17, 15) is 28.8 Å². The number of carbonyl (C=O) groups excluding carboxylic acids is 7. The number of rotatable bonds is 9. The molecule has 2 unspecified atom stereocenters. The Bertz CT molecular complexity index is 1750. The molecule has 2 heterocycles. The summed E-state index contributed by atoms with van der Waals surface area (Å²) in [5.41, 5.74) is -6.62. The van der Waals surface area contributed by atoms with Crippen LogP contribution in [0.3, 0.4) is 0 Å². The van der Waals surface area contributed by atoms with Crippen LogP contribution in [0.4, 0.5) is 0 Å². The molecule has 2 bridgehead atoms. The first kappa shape index (κ1) is 39.3. The van der Waals surface area contributed by atoms with Crippen molar-refractivity contribution in [1.82, 2.24) is 4.98 Å².